The Morgan fingerprint density at radius 2 is 1.72 bits per heavy atom. The molecule has 6 heteroatoms. The van der Waals surface area contributed by atoms with Crippen molar-refractivity contribution in [1.82, 2.24) is 0 Å². The molecule has 0 N–H and O–H groups in total. The van der Waals surface area contributed by atoms with Crippen LogP contribution in [0, 0.1) is 15.9 Å². The Kier molecular flexibility index (Phi) is 3.08. The van der Waals surface area contributed by atoms with E-state index in [0.717, 1.165) is 0 Å². The first-order valence-electron chi connectivity index (χ1n) is 5.54. The van der Waals surface area contributed by atoms with Gasteiger partial charge in [0.05, 0.1) is 0 Å². The van der Waals surface area contributed by atoms with Crippen LogP contribution in [0.2, 0.25) is 0 Å². The molecular weight excluding hydrogens is 241 g/mol. The normalized spacial score (nSPS) is 21.5. The highest BCUT2D eigenvalue weighted by Crippen LogP contribution is 2.33. The van der Waals surface area contributed by atoms with Gasteiger partial charge in [0.15, 0.2) is 5.79 Å². The number of hydrogen-bond donors (Lipinski definition) is 0. The molecule has 0 spiro atoms. The van der Waals surface area contributed by atoms with Gasteiger partial charge in [0.1, 0.15) is 19.0 Å². The van der Waals surface area contributed by atoms with E-state index in [1.54, 1.807) is 13.8 Å². The van der Waals surface area contributed by atoms with Crippen LogP contribution in [0.25, 0.3) is 0 Å². The molecule has 0 aromatic heterocycles. The molecule has 0 aliphatic carbocycles. The van der Waals surface area contributed by atoms with E-state index in [1.165, 1.54) is 24.3 Å². The first-order chi connectivity index (χ1) is 8.36. The molecule has 18 heavy (non-hydrogen) atoms. The van der Waals surface area contributed by atoms with Crippen LogP contribution in [0.15, 0.2) is 24.3 Å². The lowest BCUT2D eigenvalue weighted by molar-refractivity contribution is -0.605. The molecule has 98 valence electrons. The lowest BCUT2D eigenvalue weighted by Crippen LogP contribution is -2.53. The number of rotatable bonds is 2. The summed E-state index contributed by atoms with van der Waals surface area (Å²) in [7, 11) is 0. The van der Waals surface area contributed by atoms with Crippen LogP contribution in [-0.2, 0) is 15.0 Å². The van der Waals surface area contributed by atoms with Crippen LogP contribution in [0.3, 0.4) is 0 Å². The van der Waals surface area contributed by atoms with Crippen molar-refractivity contribution in [1.29, 1.82) is 0 Å². The van der Waals surface area contributed by atoms with Gasteiger partial charge in [-0.25, -0.2) is 4.39 Å². The van der Waals surface area contributed by atoms with Gasteiger partial charge in [-0.05, 0) is 38.1 Å². The first kappa shape index (κ1) is 12.9. The summed E-state index contributed by atoms with van der Waals surface area (Å²) in [6.45, 7) is 3.19. The zero-order valence-electron chi connectivity index (χ0n) is 10.2. The van der Waals surface area contributed by atoms with Gasteiger partial charge in [-0.1, -0.05) is 0 Å². The van der Waals surface area contributed by atoms with Gasteiger partial charge in [-0.15, -0.1) is 0 Å². The fourth-order valence-corrected chi connectivity index (χ4v) is 1.81. The van der Waals surface area contributed by atoms with Gasteiger partial charge in [-0.2, -0.15) is 0 Å². The van der Waals surface area contributed by atoms with Crippen LogP contribution >= 0.6 is 0 Å². The summed E-state index contributed by atoms with van der Waals surface area (Å²) in [5, 5.41) is 11.3. The molecular formula is C12H14FNO4. The van der Waals surface area contributed by atoms with Crippen molar-refractivity contribution in [2.45, 2.75) is 25.2 Å². The number of halogens is 1. The summed E-state index contributed by atoms with van der Waals surface area (Å²) in [5.41, 5.74) is -1.09. The van der Waals surface area contributed by atoms with Gasteiger partial charge in [0, 0.05) is 10.5 Å². The third kappa shape index (κ3) is 2.21. The van der Waals surface area contributed by atoms with E-state index < -0.39 is 22.1 Å². The van der Waals surface area contributed by atoms with Crippen LogP contribution in [0.4, 0.5) is 4.39 Å². The minimum absolute atomic E-state index is 0.0986. The molecule has 1 aliphatic heterocycles. The minimum atomic E-state index is -1.47. The van der Waals surface area contributed by atoms with Crippen LogP contribution in [-0.4, -0.2) is 23.9 Å². The first-order valence-corrected chi connectivity index (χ1v) is 5.54. The van der Waals surface area contributed by atoms with E-state index in [4.69, 9.17) is 9.47 Å². The molecule has 1 saturated heterocycles. The molecule has 1 aliphatic rings. The van der Waals surface area contributed by atoms with Crippen molar-refractivity contribution in [3.05, 3.63) is 45.8 Å². The summed E-state index contributed by atoms with van der Waals surface area (Å²) in [4.78, 5) is 10.9. The summed E-state index contributed by atoms with van der Waals surface area (Å²) in [6, 6.07) is 5.17. The number of ether oxygens (including phenoxy) is 2. The van der Waals surface area contributed by atoms with Crippen molar-refractivity contribution in [3.8, 4) is 0 Å². The van der Waals surface area contributed by atoms with E-state index in [9.17, 15) is 14.5 Å². The number of hydrogen-bond acceptors (Lipinski definition) is 4. The third-order valence-electron chi connectivity index (χ3n) is 3.05. The van der Waals surface area contributed by atoms with Gasteiger partial charge in [0.2, 0.25) is 0 Å². The Morgan fingerprint density at radius 1 is 1.22 bits per heavy atom. The maximum Gasteiger partial charge on any atom is 0.292 e. The molecule has 1 heterocycles. The lowest BCUT2D eigenvalue weighted by atomic mass is 9.91. The molecule has 1 fully saturated rings. The highest BCUT2D eigenvalue weighted by atomic mass is 19.1. The molecule has 0 atom stereocenters. The SMILES string of the molecule is CC1(C)OCC(c2ccc(F)cc2)([N+](=O)[O-])CO1. The standard InChI is InChI=1S/C12H14FNO4/c1-11(2)17-7-12(8-18-11,14(15)16)9-3-5-10(13)6-4-9/h3-6H,7-8H2,1-2H3. The molecule has 0 radical (unpaired) electrons. The molecule has 5 nitrogen and oxygen atoms in total. The van der Waals surface area contributed by atoms with E-state index in [0.29, 0.717) is 5.56 Å². The Labute approximate surface area is 104 Å². The lowest BCUT2D eigenvalue weighted by Gasteiger charge is -2.38. The Bertz CT molecular complexity index is 448. The number of nitro groups is 1. The Morgan fingerprint density at radius 3 is 2.17 bits per heavy atom. The topological polar surface area (TPSA) is 61.6 Å². The summed E-state index contributed by atoms with van der Waals surface area (Å²) >= 11 is 0. The predicted octanol–water partition coefficient (Wildman–Crippen LogP) is 2.08. The van der Waals surface area contributed by atoms with E-state index in [2.05, 4.69) is 0 Å². The van der Waals surface area contributed by atoms with E-state index in [-0.39, 0.29) is 13.2 Å². The molecule has 1 aromatic rings. The second kappa shape index (κ2) is 4.29. The van der Waals surface area contributed by atoms with Crippen LogP contribution in [0.5, 0.6) is 0 Å². The van der Waals surface area contributed by atoms with Crippen molar-refractivity contribution < 1.29 is 18.8 Å². The summed E-state index contributed by atoms with van der Waals surface area (Å²) in [6.07, 6.45) is 0. The Balaban J connectivity index is 2.34. The summed E-state index contributed by atoms with van der Waals surface area (Å²) < 4.78 is 23.6. The number of benzene rings is 1. The second-order valence-electron chi connectivity index (χ2n) is 4.77. The van der Waals surface area contributed by atoms with Gasteiger partial charge in [-0.3, -0.25) is 10.1 Å². The van der Waals surface area contributed by atoms with Gasteiger partial charge < -0.3 is 9.47 Å². The molecule has 0 amide bonds. The Hall–Kier alpha value is -1.53. The van der Waals surface area contributed by atoms with Crippen molar-refractivity contribution in [3.63, 3.8) is 0 Å². The minimum Gasteiger partial charge on any atom is -0.343 e. The van der Waals surface area contributed by atoms with E-state index >= 15 is 0 Å². The second-order valence-corrected chi connectivity index (χ2v) is 4.77. The van der Waals surface area contributed by atoms with Crippen LogP contribution < -0.4 is 0 Å². The van der Waals surface area contributed by atoms with Crippen molar-refractivity contribution >= 4 is 0 Å². The predicted molar refractivity (Wildman–Crippen MR) is 61.1 cm³/mol. The smallest absolute Gasteiger partial charge is 0.292 e. The van der Waals surface area contributed by atoms with Crippen molar-refractivity contribution in [2.75, 3.05) is 13.2 Å². The molecule has 0 saturated carbocycles. The number of nitrogens with zero attached hydrogens (tertiary/aromatic N) is 1. The highest BCUT2D eigenvalue weighted by Gasteiger charge is 2.51. The monoisotopic (exact) mass is 255 g/mol. The molecule has 2 rings (SSSR count). The maximum atomic E-state index is 12.9. The maximum absolute atomic E-state index is 12.9. The average Bonchev–Trinajstić information content (AvgIpc) is 2.30. The molecule has 1 aromatic carbocycles. The third-order valence-corrected chi connectivity index (χ3v) is 3.05. The average molecular weight is 255 g/mol. The highest BCUT2D eigenvalue weighted by molar-refractivity contribution is 5.24. The molecule has 0 bridgehead atoms. The fraction of sp³-hybridized carbons (Fsp3) is 0.500. The van der Waals surface area contributed by atoms with Gasteiger partial charge in [0.25, 0.3) is 5.54 Å². The van der Waals surface area contributed by atoms with Crippen LogP contribution in [0.1, 0.15) is 19.4 Å². The largest absolute Gasteiger partial charge is 0.343 e. The zero-order valence-corrected chi connectivity index (χ0v) is 10.2. The summed E-state index contributed by atoms with van der Waals surface area (Å²) in [5.74, 6) is -1.27. The zero-order chi connectivity index (χ0) is 13.4. The van der Waals surface area contributed by atoms with E-state index in [1.807, 2.05) is 0 Å². The quantitative estimate of drug-likeness (QED) is 0.599. The van der Waals surface area contributed by atoms with Gasteiger partial charge >= 0.3 is 0 Å². The fourth-order valence-electron chi connectivity index (χ4n) is 1.81. The molecule has 0 unspecified atom stereocenters. The van der Waals surface area contributed by atoms with Crippen molar-refractivity contribution in [2.24, 2.45) is 0 Å².